The number of nitrogens with zero attached hydrogens (tertiary/aromatic N) is 3. The summed E-state index contributed by atoms with van der Waals surface area (Å²) >= 11 is 3.09. The van der Waals surface area contributed by atoms with E-state index in [2.05, 4.69) is 16.0 Å². The highest BCUT2D eigenvalue weighted by Gasteiger charge is 2.22. The highest BCUT2D eigenvalue weighted by molar-refractivity contribution is 8.01. The molecule has 6 heteroatoms. The number of thioether (sulfide) groups is 1. The molecule has 0 N–H and O–H groups in total. The van der Waals surface area contributed by atoms with Crippen LogP contribution in [0.3, 0.4) is 0 Å². The molecule has 23 heavy (non-hydrogen) atoms. The number of aryl methyl sites for hydroxylation is 1. The number of fused-ring (bicyclic) bond motifs is 2. The number of para-hydroxylation sites is 1. The Hall–Kier alpha value is -1.92. The van der Waals surface area contributed by atoms with Crippen LogP contribution in [-0.4, -0.2) is 28.2 Å². The van der Waals surface area contributed by atoms with Gasteiger partial charge in [0.15, 0.2) is 9.99 Å². The van der Waals surface area contributed by atoms with Crippen molar-refractivity contribution in [3.8, 4) is 0 Å². The van der Waals surface area contributed by atoms with Crippen LogP contribution in [0.25, 0.3) is 10.3 Å². The van der Waals surface area contributed by atoms with Crippen LogP contribution in [0.4, 0.5) is 5.69 Å². The zero-order chi connectivity index (χ0) is 15.6. The van der Waals surface area contributed by atoms with Crippen LogP contribution >= 0.6 is 23.1 Å². The van der Waals surface area contributed by atoms with Gasteiger partial charge in [-0.2, -0.15) is 0 Å². The molecule has 0 unspecified atom stereocenters. The van der Waals surface area contributed by atoms with E-state index in [1.54, 1.807) is 17.5 Å². The average Bonchev–Trinajstić information content (AvgIpc) is 3.02. The highest BCUT2D eigenvalue weighted by atomic mass is 32.2. The van der Waals surface area contributed by atoms with Crippen LogP contribution in [0.2, 0.25) is 0 Å². The normalized spacial score (nSPS) is 14.0. The summed E-state index contributed by atoms with van der Waals surface area (Å²) in [7, 11) is 0. The molecule has 1 aromatic carbocycles. The molecule has 2 aromatic heterocycles. The predicted molar refractivity (Wildman–Crippen MR) is 95.3 cm³/mol. The van der Waals surface area contributed by atoms with Gasteiger partial charge in [-0.3, -0.25) is 4.79 Å². The first-order valence-corrected chi connectivity index (χ1v) is 9.34. The topological polar surface area (TPSA) is 46.1 Å². The second-order valence-electron chi connectivity index (χ2n) is 5.37. The molecule has 1 amide bonds. The predicted octanol–water partition coefficient (Wildman–Crippen LogP) is 3.76. The smallest absolute Gasteiger partial charge is 0.237 e. The Kier molecular flexibility index (Phi) is 4.01. The van der Waals surface area contributed by atoms with Crippen LogP contribution in [0, 0.1) is 0 Å². The maximum absolute atomic E-state index is 12.6. The molecular weight excluding hydrogens is 326 g/mol. The molecule has 0 fully saturated rings. The van der Waals surface area contributed by atoms with Crippen LogP contribution in [0.5, 0.6) is 0 Å². The lowest BCUT2D eigenvalue weighted by Gasteiger charge is -2.29. The van der Waals surface area contributed by atoms with E-state index >= 15 is 0 Å². The van der Waals surface area contributed by atoms with Gasteiger partial charge in [0.1, 0.15) is 0 Å². The second-order valence-corrected chi connectivity index (χ2v) is 7.62. The number of hydrogen-bond acceptors (Lipinski definition) is 5. The number of hydrogen-bond donors (Lipinski definition) is 0. The minimum absolute atomic E-state index is 0.148. The maximum Gasteiger partial charge on any atom is 0.237 e. The number of rotatable bonds is 3. The Balaban J connectivity index is 1.48. The lowest BCUT2D eigenvalue weighted by molar-refractivity contribution is -0.116. The largest absolute Gasteiger partial charge is 0.311 e. The lowest BCUT2D eigenvalue weighted by Crippen LogP contribution is -2.36. The molecule has 0 bridgehead atoms. The van der Waals surface area contributed by atoms with Gasteiger partial charge in [0.2, 0.25) is 5.91 Å². The zero-order valence-electron chi connectivity index (χ0n) is 12.4. The van der Waals surface area contributed by atoms with Gasteiger partial charge in [-0.25, -0.2) is 9.97 Å². The monoisotopic (exact) mass is 341 g/mol. The van der Waals surface area contributed by atoms with Gasteiger partial charge in [-0.1, -0.05) is 30.0 Å². The molecule has 0 saturated carbocycles. The molecule has 0 atom stereocenters. The maximum atomic E-state index is 12.6. The molecule has 116 valence electrons. The number of pyridine rings is 1. The summed E-state index contributed by atoms with van der Waals surface area (Å²) in [6.45, 7) is 0.803. The van der Waals surface area contributed by atoms with Crippen molar-refractivity contribution in [3.05, 3.63) is 48.2 Å². The third-order valence-corrected chi connectivity index (χ3v) is 6.01. The van der Waals surface area contributed by atoms with Crippen molar-refractivity contribution in [1.29, 1.82) is 0 Å². The third-order valence-electron chi connectivity index (χ3n) is 3.88. The standard InChI is InChI=1S/C17H15N3OS2/c21-15(20-10-4-6-12-5-1-2-7-13(12)20)11-22-17-19-16-14(23-17)8-3-9-18-16/h1-3,5,7-9H,4,6,10-11H2. The molecule has 0 saturated heterocycles. The number of anilines is 1. The number of aromatic nitrogens is 2. The molecule has 0 aliphatic carbocycles. The van der Waals surface area contributed by atoms with Crippen molar-refractivity contribution in [2.75, 3.05) is 17.2 Å². The molecule has 0 spiro atoms. The molecular formula is C17H15N3OS2. The van der Waals surface area contributed by atoms with E-state index in [1.165, 1.54) is 17.3 Å². The van der Waals surface area contributed by atoms with E-state index in [-0.39, 0.29) is 5.91 Å². The lowest BCUT2D eigenvalue weighted by atomic mass is 10.0. The van der Waals surface area contributed by atoms with Gasteiger partial charge in [0, 0.05) is 18.4 Å². The van der Waals surface area contributed by atoms with Crippen LogP contribution in [0.1, 0.15) is 12.0 Å². The summed E-state index contributed by atoms with van der Waals surface area (Å²) in [6.07, 6.45) is 3.82. The molecule has 4 rings (SSSR count). The van der Waals surface area contributed by atoms with E-state index in [4.69, 9.17) is 0 Å². The van der Waals surface area contributed by atoms with Crippen LogP contribution in [-0.2, 0) is 11.2 Å². The number of thiazole rings is 1. The van der Waals surface area contributed by atoms with Gasteiger partial charge in [-0.15, -0.1) is 11.3 Å². The number of carbonyl (C=O) groups excluding carboxylic acids is 1. The minimum Gasteiger partial charge on any atom is -0.311 e. The highest BCUT2D eigenvalue weighted by Crippen LogP contribution is 2.31. The molecule has 1 aliphatic heterocycles. The SMILES string of the molecule is O=C(CSc1nc2ncccc2s1)N1CCCc2ccccc21. The van der Waals surface area contributed by atoms with Crippen molar-refractivity contribution >= 4 is 45.0 Å². The Morgan fingerprint density at radius 3 is 3.09 bits per heavy atom. The average molecular weight is 341 g/mol. The fourth-order valence-corrected chi connectivity index (χ4v) is 4.70. The fourth-order valence-electron chi connectivity index (χ4n) is 2.81. The van der Waals surface area contributed by atoms with E-state index in [9.17, 15) is 4.79 Å². The van der Waals surface area contributed by atoms with Gasteiger partial charge >= 0.3 is 0 Å². The summed E-state index contributed by atoms with van der Waals surface area (Å²) in [5.74, 6) is 0.558. The first-order valence-electron chi connectivity index (χ1n) is 7.54. The molecule has 0 radical (unpaired) electrons. The Bertz CT molecular complexity index is 829. The van der Waals surface area contributed by atoms with Crippen molar-refractivity contribution in [2.24, 2.45) is 0 Å². The van der Waals surface area contributed by atoms with Crippen LogP contribution < -0.4 is 4.90 Å². The van der Waals surface area contributed by atoms with Crippen molar-refractivity contribution < 1.29 is 4.79 Å². The fraction of sp³-hybridized carbons (Fsp3) is 0.235. The van der Waals surface area contributed by atoms with Crippen molar-refractivity contribution in [2.45, 2.75) is 17.2 Å². The summed E-state index contributed by atoms with van der Waals surface area (Å²) in [4.78, 5) is 23.2. The van der Waals surface area contributed by atoms with E-state index < -0.39 is 0 Å². The van der Waals surface area contributed by atoms with Gasteiger partial charge < -0.3 is 4.90 Å². The minimum atomic E-state index is 0.148. The van der Waals surface area contributed by atoms with Gasteiger partial charge in [0.05, 0.1) is 10.5 Å². The first-order chi connectivity index (χ1) is 11.3. The Morgan fingerprint density at radius 2 is 2.17 bits per heavy atom. The summed E-state index contributed by atoms with van der Waals surface area (Å²) in [5.41, 5.74) is 3.09. The molecule has 4 nitrogen and oxygen atoms in total. The summed E-state index contributed by atoms with van der Waals surface area (Å²) in [5, 5.41) is 0. The Labute approximate surface area is 142 Å². The van der Waals surface area contributed by atoms with Crippen molar-refractivity contribution in [3.63, 3.8) is 0 Å². The summed E-state index contributed by atoms with van der Waals surface area (Å²) < 4.78 is 1.96. The van der Waals surface area contributed by atoms with E-state index in [0.29, 0.717) is 5.75 Å². The molecule has 3 heterocycles. The number of benzene rings is 1. The number of amides is 1. The Morgan fingerprint density at radius 1 is 1.26 bits per heavy atom. The van der Waals surface area contributed by atoms with Gasteiger partial charge in [-0.05, 0) is 36.6 Å². The third kappa shape index (κ3) is 2.96. The number of carbonyl (C=O) groups is 1. The molecule has 3 aromatic rings. The summed E-state index contributed by atoms with van der Waals surface area (Å²) in [6, 6.07) is 12.1. The second kappa shape index (κ2) is 6.29. The van der Waals surface area contributed by atoms with E-state index in [1.807, 2.05) is 35.2 Å². The van der Waals surface area contributed by atoms with E-state index in [0.717, 1.165) is 39.8 Å². The van der Waals surface area contributed by atoms with Crippen LogP contribution in [0.15, 0.2) is 46.9 Å². The zero-order valence-corrected chi connectivity index (χ0v) is 14.1. The van der Waals surface area contributed by atoms with Gasteiger partial charge in [0.25, 0.3) is 0 Å². The first kappa shape index (κ1) is 14.7. The quantitative estimate of drug-likeness (QED) is 0.681. The van der Waals surface area contributed by atoms with Crippen molar-refractivity contribution in [1.82, 2.24) is 9.97 Å². The molecule has 1 aliphatic rings.